The summed E-state index contributed by atoms with van der Waals surface area (Å²) in [4.78, 5) is 10.6. The van der Waals surface area contributed by atoms with Crippen LogP contribution < -0.4 is 5.73 Å². The van der Waals surface area contributed by atoms with Crippen molar-refractivity contribution in [1.29, 1.82) is 0 Å². The number of nitrogens with zero attached hydrogens (tertiary/aromatic N) is 2. The third-order valence-corrected chi connectivity index (χ3v) is 2.33. The van der Waals surface area contributed by atoms with Gasteiger partial charge in [-0.3, -0.25) is 0 Å². The summed E-state index contributed by atoms with van der Waals surface area (Å²) >= 11 is 5.79. The van der Waals surface area contributed by atoms with Gasteiger partial charge in [-0.2, -0.15) is 0 Å². The summed E-state index contributed by atoms with van der Waals surface area (Å²) in [6.45, 7) is 0. The number of anilines is 1. The quantitative estimate of drug-likeness (QED) is 0.404. The molecule has 0 amide bonds. The molecule has 0 atom stereocenters. The number of alkyl halides is 1. The molecule has 0 saturated carbocycles. The van der Waals surface area contributed by atoms with E-state index in [-0.39, 0.29) is 22.6 Å². The first kappa shape index (κ1) is 9.72. The number of hydrogen-bond acceptors (Lipinski definition) is 5. The molecule has 0 fully saturated rings. The monoisotopic (exact) mass is 227 g/mol. The number of nitrogens with two attached hydrogens (primary N) is 1. The predicted molar refractivity (Wildman–Crippen MR) is 51.9 cm³/mol. The first-order valence-electron chi connectivity index (χ1n) is 3.93. The number of hydrogen-bond donors (Lipinski definition) is 3. The molecule has 6 nitrogen and oxygen atoms in total. The molecule has 4 N–H and O–H groups in total. The van der Waals surface area contributed by atoms with Crippen molar-refractivity contribution < 1.29 is 15.0 Å². The standard InChI is InChI=1S/C8H6ClN3O3/c9-8(11-12-8)6-4(10)1-3(7(14)15)2-5(6)13/h1-2,13H,10H2,(H,14,15). The second kappa shape index (κ2) is 2.83. The summed E-state index contributed by atoms with van der Waals surface area (Å²) in [6, 6.07) is 2.26. The zero-order valence-electron chi connectivity index (χ0n) is 7.31. The van der Waals surface area contributed by atoms with E-state index in [1.807, 2.05) is 0 Å². The Morgan fingerprint density at radius 1 is 1.47 bits per heavy atom. The third kappa shape index (κ3) is 1.48. The highest BCUT2D eigenvalue weighted by Crippen LogP contribution is 2.49. The van der Waals surface area contributed by atoms with Gasteiger partial charge in [-0.15, -0.1) is 10.2 Å². The van der Waals surface area contributed by atoms with Crippen molar-refractivity contribution in [2.24, 2.45) is 10.2 Å². The van der Waals surface area contributed by atoms with Crippen molar-refractivity contribution in [3.05, 3.63) is 23.3 Å². The predicted octanol–water partition coefficient (Wildman–Crippen LogP) is 1.49. The van der Waals surface area contributed by atoms with Crippen LogP contribution in [0.4, 0.5) is 5.69 Å². The first-order valence-corrected chi connectivity index (χ1v) is 4.31. The van der Waals surface area contributed by atoms with Crippen LogP contribution in [-0.4, -0.2) is 16.2 Å². The van der Waals surface area contributed by atoms with Crippen molar-refractivity contribution in [3.8, 4) is 5.75 Å². The van der Waals surface area contributed by atoms with Gasteiger partial charge in [-0.1, -0.05) is 11.6 Å². The van der Waals surface area contributed by atoms with E-state index in [0.717, 1.165) is 6.07 Å². The summed E-state index contributed by atoms with van der Waals surface area (Å²) < 4.78 is 0. The Labute approximate surface area is 89.0 Å². The minimum absolute atomic E-state index is 0.0485. The van der Waals surface area contributed by atoms with Crippen molar-refractivity contribution in [3.63, 3.8) is 0 Å². The molecular weight excluding hydrogens is 222 g/mol. The van der Waals surface area contributed by atoms with Crippen LogP contribution in [0.1, 0.15) is 15.9 Å². The molecule has 0 spiro atoms. The Morgan fingerprint density at radius 2 is 2.07 bits per heavy atom. The highest BCUT2D eigenvalue weighted by Gasteiger charge is 2.44. The normalized spacial score (nSPS) is 16.3. The topological polar surface area (TPSA) is 108 Å². The van der Waals surface area contributed by atoms with E-state index in [0.29, 0.717) is 0 Å². The van der Waals surface area contributed by atoms with Crippen molar-refractivity contribution in [2.45, 2.75) is 5.12 Å². The van der Waals surface area contributed by atoms with Gasteiger partial charge in [-0.05, 0) is 12.1 Å². The van der Waals surface area contributed by atoms with E-state index < -0.39 is 11.1 Å². The second-order valence-electron chi connectivity index (χ2n) is 3.05. The average Bonchev–Trinajstić information content (AvgIpc) is 2.82. The molecule has 2 rings (SSSR count). The van der Waals surface area contributed by atoms with Gasteiger partial charge >= 0.3 is 5.97 Å². The highest BCUT2D eigenvalue weighted by molar-refractivity contribution is 6.25. The molecular formula is C8H6ClN3O3. The van der Waals surface area contributed by atoms with Crippen molar-refractivity contribution >= 4 is 23.3 Å². The van der Waals surface area contributed by atoms with Gasteiger partial charge in [0.25, 0.3) is 5.12 Å². The Morgan fingerprint density at radius 3 is 2.47 bits per heavy atom. The Bertz CT molecular complexity index is 457. The maximum atomic E-state index is 10.6. The zero-order chi connectivity index (χ0) is 11.2. The number of carboxylic acids is 1. The Kier molecular flexibility index (Phi) is 1.84. The van der Waals surface area contributed by atoms with E-state index in [4.69, 9.17) is 22.4 Å². The van der Waals surface area contributed by atoms with E-state index >= 15 is 0 Å². The van der Waals surface area contributed by atoms with Crippen LogP contribution in [0.5, 0.6) is 5.75 Å². The number of carbonyl (C=O) groups is 1. The fraction of sp³-hybridized carbons (Fsp3) is 0.125. The van der Waals surface area contributed by atoms with Gasteiger partial charge in [0.1, 0.15) is 5.75 Å². The highest BCUT2D eigenvalue weighted by atomic mass is 35.5. The van der Waals surface area contributed by atoms with Crippen LogP contribution in [0.2, 0.25) is 0 Å². The molecule has 0 bridgehead atoms. The van der Waals surface area contributed by atoms with Crippen LogP contribution in [0.15, 0.2) is 22.4 Å². The summed E-state index contributed by atoms with van der Waals surface area (Å²) in [5, 5.41) is 23.9. The van der Waals surface area contributed by atoms with Gasteiger partial charge in [0, 0.05) is 5.69 Å². The van der Waals surface area contributed by atoms with Crippen LogP contribution >= 0.6 is 11.6 Å². The molecule has 1 aliphatic rings. The largest absolute Gasteiger partial charge is 0.507 e. The van der Waals surface area contributed by atoms with E-state index in [1.54, 1.807) is 0 Å². The van der Waals surface area contributed by atoms with Gasteiger partial charge in [-0.25, -0.2) is 4.79 Å². The lowest BCUT2D eigenvalue weighted by molar-refractivity contribution is 0.0696. The summed E-state index contributed by atoms with van der Waals surface area (Å²) in [7, 11) is 0. The van der Waals surface area contributed by atoms with Gasteiger partial charge < -0.3 is 15.9 Å². The fourth-order valence-corrected chi connectivity index (χ4v) is 1.51. The van der Waals surface area contributed by atoms with Gasteiger partial charge in [0.2, 0.25) is 0 Å². The summed E-state index contributed by atoms with van der Waals surface area (Å²) in [5.41, 5.74) is 5.61. The molecule has 1 aliphatic heterocycles. The molecule has 0 aromatic heterocycles. The van der Waals surface area contributed by atoms with E-state index in [2.05, 4.69) is 10.2 Å². The number of nitrogen functional groups attached to an aromatic ring is 1. The fourth-order valence-electron chi connectivity index (χ4n) is 1.26. The Balaban J connectivity index is 2.54. The lowest BCUT2D eigenvalue weighted by Gasteiger charge is -2.09. The summed E-state index contributed by atoms with van der Waals surface area (Å²) in [5.74, 6) is -1.51. The van der Waals surface area contributed by atoms with Crippen LogP contribution in [0.3, 0.4) is 0 Å². The maximum Gasteiger partial charge on any atom is 0.335 e. The number of aromatic carboxylic acids is 1. The number of phenols is 1. The number of halogens is 1. The molecule has 1 aromatic carbocycles. The zero-order valence-corrected chi connectivity index (χ0v) is 8.06. The molecule has 0 aliphatic carbocycles. The minimum Gasteiger partial charge on any atom is -0.507 e. The van der Waals surface area contributed by atoms with Crippen LogP contribution in [0, 0.1) is 0 Å². The number of benzene rings is 1. The molecule has 0 unspecified atom stereocenters. The number of carboxylic acid groups (broad SMARTS) is 1. The van der Waals surface area contributed by atoms with Gasteiger partial charge in [0.05, 0.1) is 11.1 Å². The lowest BCUT2D eigenvalue weighted by atomic mass is 10.1. The number of phenolic OH excluding ortho intramolecular Hbond substituents is 1. The van der Waals surface area contributed by atoms with Crippen molar-refractivity contribution in [2.75, 3.05) is 5.73 Å². The van der Waals surface area contributed by atoms with Crippen LogP contribution in [-0.2, 0) is 5.12 Å². The van der Waals surface area contributed by atoms with E-state index in [1.165, 1.54) is 6.07 Å². The third-order valence-electron chi connectivity index (χ3n) is 1.99. The molecule has 0 saturated heterocycles. The van der Waals surface area contributed by atoms with Crippen LogP contribution in [0.25, 0.3) is 0 Å². The molecule has 1 aromatic rings. The Hall–Kier alpha value is -1.82. The lowest BCUT2D eigenvalue weighted by Crippen LogP contribution is -2.07. The SMILES string of the molecule is Nc1cc(C(=O)O)cc(O)c1C1(Cl)N=N1. The van der Waals surface area contributed by atoms with Crippen molar-refractivity contribution in [1.82, 2.24) is 0 Å². The minimum atomic E-state index is -1.34. The number of aromatic hydroxyl groups is 1. The second-order valence-corrected chi connectivity index (χ2v) is 3.58. The molecule has 7 heteroatoms. The molecule has 78 valence electrons. The smallest absolute Gasteiger partial charge is 0.335 e. The first-order chi connectivity index (χ1) is 6.94. The molecule has 0 radical (unpaired) electrons. The molecule has 1 heterocycles. The average molecular weight is 228 g/mol. The number of rotatable bonds is 2. The molecule has 15 heavy (non-hydrogen) atoms. The van der Waals surface area contributed by atoms with Gasteiger partial charge in [0.15, 0.2) is 0 Å². The maximum absolute atomic E-state index is 10.6. The summed E-state index contributed by atoms with van der Waals surface area (Å²) in [6.07, 6.45) is 0. The van der Waals surface area contributed by atoms with E-state index in [9.17, 15) is 9.90 Å².